The first-order chi connectivity index (χ1) is 9.86. The van der Waals surface area contributed by atoms with Gasteiger partial charge in [-0.3, -0.25) is 0 Å². The van der Waals surface area contributed by atoms with Crippen molar-refractivity contribution in [1.82, 2.24) is 5.32 Å². The number of nitrogens with one attached hydrogen (secondary N) is 1. The molecule has 0 radical (unpaired) electrons. The number of rotatable bonds is 4. The lowest BCUT2D eigenvalue weighted by Gasteiger charge is -2.15. The second-order valence-corrected chi connectivity index (χ2v) is 5.21. The Bertz CT molecular complexity index is 605. The van der Waals surface area contributed by atoms with Gasteiger partial charge in [-0.25, -0.2) is 0 Å². The van der Waals surface area contributed by atoms with Crippen LogP contribution in [-0.2, 0) is 12.7 Å². The van der Waals surface area contributed by atoms with Crippen molar-refractivity contribution < 1.29 is 13.2 Å². The largest absolute Gasteiger partial charge is 0.416 e. The smallest absolute Gasteiger partial charge is 0.306 e. The summed E-state index contributed by atoms with van der Waals surface area (Å²) in [5.74, 6) is 0. The van der Waals surface area contributed by atoms with Crippen LogP contribution in [0.5, 0.6) is 0 Å². The van der Waals surface area contributed by atoms with E-state index in [1.165, 1.54) is 17.7 Å². The van der Waals surface area contributed by atoms with Gasteiger partial charge in [-0.15, -0.1) is 0 Å². The zero-order chi connectivity index (χ0) is 15.5. The first-order valence-electron chi connectivity index (χ1n) is 6.82. The lowest BCUT2D eigenvalue weighted by atomic mass is 10.1. The fourth-order valence-electron chi connectivity index (χ4n) is 2.19. The van der Waals surface area contributed by atoms with E-state index in [1.807, 2.05) is 32.0 Å². The standard InChI is InChI=1S/C17H18F3N/c1-12-5-3-7-15(9-12)13(2)21-11-14-6-4-8-16(10-14)17(18,19)20/h3-10,13,21H,11H2,1-2H3/t13-/m0/s1. The third-order valence-corrected chi connectivity index (χ3v) is 3.41. The van der Waals surface area contributed by atoms with E-state index in [4.69, 9.17) is 0 Å². The van der Waals surface area contributed by atoms with Gasteiger partial charge in [-0.05, 0) is 31.0 Å². The van der Waals surface area contributed by atoms with Gasteiger partial charge in [0.15, 0.2) is 0 Å². The van der Waals surface area contributed by atoms with Crippen molar-refractivity contribution in [3.05, 3.63) is 70.8 Å². The first-order valence-corrected chi connectivity index (χ1v) is 6.82. The maximum atomic E-state index is 12.7. The molecule has 0 saturated carbocycles. The van der Waals surface area contributed by atoms with Crippen LogP contribution in [-0.4, -0.2) is 0 Å². The average Bonchev–Trinajstić information content (AvgIpc) is 2.44. The number of halogens is 3. The van der Waals surface area contributed by atoms with Gasteiger partial charge < -0.3 is 5.32 Å². The van der Waals surface area contributed by atoms with Gasteiger partial charge in [0.2, 0.25) is 0 Å². The molecule has 0 spiro atoms. The number of aryl methyl sites for hydroxylation is 1. The van der Waals surface area contributed by atoms with Crippen LogP contribution in [0.25, 0.3) is 0 Å². The molecule has 0 aliphatic rings. The van der Waals surface area contributed by atoms with Gasteiger partial charge in [0.25, 0.3) is 0 Å². The van der Waals surface area contributed by atoms with E-state index in [0.717, 1.165) is 11.6 Å². The summed E-state index contributed by atoms with van der Waals surface area (Å²) >= 11 is 0. The van der Waals surface area contributed by atoms with Crippen LogP contribution in [0.15, 0.2) is 48.5 Å². The summed E-state index contributed by atoms with van der Waals surface area (Å²) in [7, 11) is 0. The fourth-order valence-corrected chi connectivity index (χ4v) is 2.19. The minimum Gasteiger partial charge on any atom is -0.306 e. The number of hydrogen-bond donors (Lipinski definition) is 1. The summed E-state index contributed by atoms with van der Waals surface area (Å²) in [5.41, 5.74) is 2.32. The monoisotopic (exact) mass is 293 g/mol. The Kier molecular flexibility index (Phi) is 4.68. The molecule has 2 aromatic carbocycles. The topological polar surface area (TPSA) is 12.0 Å². The highest BCUT2D eigenvalue weighted by Gasteiger charge is 2.30. The summed E-state index contributed by atoms with van der Waals surface area (Å²) in [5, 5.41) is 3.25. The van der Waals surface area contributed by atoms with Crippen LogP contribution in [0.2, 0.25) is 0 Å². The zero-order valence-electron chi connectivity index (χ0n) is 12.0. The molecular formula is C17H18F3N. The van der Waals surface area contributed by atoms with Crippen molar-refractivity contribution in [2.75, 3.05) is 0 Å². The Morgan fingerprint density at radius 1 is 1.05 bits per heavy atom. The summed E-state index contributed by atoms with van der Waals surface area (Å²) in [6.45, 7) is 4.42. The molecule has 0 saturated heterocycles. The molecule has 0 aliphatic carbocycles. The maximum absolute atomic E-state index is 12.7. The second-order valence-electron chi connectivity index (χ2n) is 5.21. The molecule has 0 aliphatic heterocycles. The summed E-state index contributed by atoms with van der Waals surface area (Å²) in [6.07, 6.45) is -4.29. The third kappa shape index (κ3) is 4.33. The predicted molar refractivity (Wildman–Crippen MR) is 77.9 cm³/mol. The molecule has 1 nitrogen and oxygen atoms in total. The minimum absolute atomic E-state index is 0.0828. The highest BCUT2D eigenvalue weighted by molar-refractivity contribution is 5.27. The molecule has 112 valence electrons. The quantitative estimate of drug-likeness (QED) is 0.848. The van der Waals surface area contributed by atoms with Crippen molar-refractivity contribution in [3.8, 4) is 0 Å². The van der Waals surface area contributed by atoms with Gasteiger partial charge >= 0.3 is 6.18 Å². The number of alkyl halides is 3. The Morgan fingerprint density at radius 2 is 1.76 bits per heavy atom. The van der Waals surface area contributed by atoms with Gasteiger partial charge in [0.05, 0.1) is 5.56 Å². The molecule has 0 unspecified atom stereocenters. The van der Waals surface area contributed by atoms with Crippen LogP contribution in [0, 0.1) is 6.92 Å². The van der Waals surface area contributed by atoms with Crippen molar-refractivity contribution in [3.63, 3.8) is 0 Å². The van der Waals surface area contributed by atoms with E-state index in [1.54, 1.807) is 6.07 Å². The summed E-state index contributed by atoms with van der Waals surface area (Å²) in [6, 6.07) is 13.6. The molecule has 0 bridgehead atoms. The lowest BCUT2D eigenvalue weighted by Crippen LogP contribution is -2.18. The van der Waals surface area contributed by atoms with E-state index < -0.39 is 11.7 Å². The molecule has 1 N–H and O–H groups in total. The van der Waals surface area contributed by atoms with E-state index in [0.29, 0.717) is 12.1 Å². The molecule has 1 atom stereocenters. The Labute approximate surface area is 122 Å². The van der Waals surface area contributed by atoms with Crippen LogP contribution in [0.1, 0.15) is 35.2 Å². The van der Waals surface area contributed by atoms with E-state index >= 15 is 0 Å². The Morgan fingerprint density at radius 3 is 2.43 bits per heavy atom. The molecule has 2 aromatic rings. The van der Waals surface area contributed by atoms with Gasteiger partial charge in [0.1, 0.15) is 0 Å². The molecule has 0 heterocycles. The molecule has 0 fully saturated rings. The van der Waals surface area contributed by atoms with Crippen molar-refractivity contribution in [2.45, 2.75) is 32.6 Å². The summed E-state index contributed by atoms with van der Waals surface area (Å²) < 4.78 is 38.0. The normalized spacial score (nSPS) is 13.2. The van der Waals surface area contributed by atoms with E-state index in [2.05, 4.69) is 11.4 Å². The minimum atomic E-state index is -4.29. The molecule has 21 heavy (non-hydrogen) atoms. The van der Waals surface area contributed by atoms with E-state index in [9.17, 15) is 13.2 Å². The number of hydrogen-bond acceptors (Lipinski definition) is 1. The van der Waals surface area contributed by atoms with Gasteiger partial charge in [0, 0.05) is 12.6 Å². The van der Waals surface area contributed by atoms with Gasteiger partial charge in [-0.1, -0.05) is 48.0 Å². The SMILES string of the molecule is Cc1cccc([C@H](C)NCc2cccc(C(F)(F)F)c2)c1. The molecule has 0 amide bonds. The highest BCUT2D eigenvalue weighted by atomic mass is 19.4. The molecule has 0 aromatic heterocycles. The molecule has 2 rings (SSSR count). The summed E-state index contributed by atoms with van der Waals surface area (Å²) in [4.78, 5) is 0. The van der Waals surface area contributed by atoms with Crippen LogP contribution < -0.4 is 5.32 Å². The van der Waals surface area contributed by atoms with Crippen molar-refractivity contribution >= 4 is 0 Å². The fraction of sp³-hybridized carbons (Fsp3) is 0.294. The van der Waals surface area contributed by atoms with Crippen LogP contribution in [0.3, 0.4) is 0 Å². The maximum Gasteiger partial charge on any atom is 0.416 e. The molecular weight excluding hydrogens is 275 g/mol. The first kappa shape index (κ1) is 15.6. The number of benzene rings is 2. The zero-order valence-corrected chi connectivity index (χ0v) is 12.0. The molecule has 4 heteroatoms. The predicted octanol–water partition coefficient (Wildman–Crippen LogP) is 4.86. The van der Waals surface area contributed by atoms with Crippen molar-refractivity contribution in [1.29, 1.82) is 0 Å². The Hall–Kier alpha value is -1.81. The highest BCUT2D eigenvalue weighted by Crippen LogP contribution is 2.29. The lowest BCUT2D eigenvalue weighted by molar-refractivity contribution is -0.137. The van der Waals surface area contributed by atoms with Crippen LogP contribution >= 0.6 is 0 Å². The van der Waals surface area contributed by atoms with Crippen molar-refractivity contribution in [2.24, 2.45) is 0 Å². The Balaban J connectivity index is 2.03. The van der Waals surface area contributed by atoms with Crippen LogP contribution in [0.4, 0.5) is 13.2 Å². The average molecular weight is 293 g/mol. The van der Waals surface area contributed by atoms with Gasteiger partial charge in [-0.2, -0.15) is 13.2 Å². The third-order valence-electron chi connectivity index (χ3n) is 3.41. The van der Waals surface area contributed by atoms with E-state index in [-0.39, 0.29) is 6.04 Å². The second kappa shape index (κ2) is 6.31.